The Morgan fingerprint density at radius 1 is 0.305 bits per heavy atom. The summed E-state index contributed by atoms with van der Waals surface area (Å²) in [5, 5.41) is 65.2. The smallest absolute Gasteiger partial charge is 0.196 e. The van der Waals surface area contributed by atoms with Crippen molar-refractivity contribution in [1.29, 1.82) is 31.6 Å². The molecule has 0 radical (unpaired) electrons. The van der Waals surface area contributed by atoms with Gasteiger partial charge in [0.25, 0.3) is 0 Å². The highest BCUT2D eigenvalue weighted by atomic mass is 15.0. The molecular formula is C70H30N12. The summed E-state index contributed by atoms with van der Waals surface area (Å²) in [5.41, 5.74) is 13.6. The molecule has 0 fully saturated rings. The van der Waals surface area contributed by atoms with Crippen LogP contribution in [0.3, 0.4) is 0 Å². The molecule has 0 bridgehead atoms. The lowest BCUT2D eigenvalue weighted by atomic mass is 9.96. The molecule has 12 nitrogen and oxygen atoms in total. The summed E-state index contributed by atoms with van der Waals surface area (Å²) in [6.45, 7) is 31.4. The molecule has 0 saturated carbocycles. The molecule has 370 valence electrons. The first-order chi connectivity index (χ1) is 40.2. The van der Waals surface area contributed by atoms with Crippen LogP contribution in [0.4, 0.5) is 22.7 Å². The second-order valence-electron chi connectivity index (χ2n) is 19.1. The van der Waals surface area contributed by atoms with E-state index < -0.39 is 0 Å². The molecular weight excluding hydrogens is 1010 g/mol. The topological polar surface area (TPSA) is 170 Å². The lowest BCUT2D eigenvalue weighted by Crippen LogP contribution is -2.05. The number of aromatic nitrogens is 2. The second kappa shape index (κ2) is 20.0. The van der Waals surface area contributed by atoms with Crippen molar-refractivity contribution in [2.24, 2.45) is 0 Å². The molecule has 82 heavy (non-hydrogen) atoms. The summed E-state index contributed by atoms with van der Waals surface area (Å²) < 4.78 is 4.05. The predicted molar refractivity (Wildman–Crippen MR) is 316 cm³/mol. The summed E-state index contributed by atoms with van der Waals surface area (Å²) in [5.74, 6) is 0. The Kier molecular flexibility index (Phi) is 12.1. The zero-order valence-corrected chi connectivity index (χ0v) is 42.7. The highest BCUT2D eigenvalue weighted by Gasteiger charge is 2.25. The minimum absolute atomic E-state index is 0.270. The highest BCUT2D eigenvalue weighted by molar-refractivity contribution is 6.14. The number of nitrogens with zero attached hydrogens (tertiary/aromatic N) is 12. The van der Waals surface area contributed by atoms with Crippen LogP contribution in [0.5, 0.6) is 0 Å². The van der Waals surface area contributed by atoms with Crippen LogP contribution >= 0.6 is 0 Å². The molecule has 0 atom stereocenters. The van der Waals surface area contributed by atoms with Crippen LogP contribution in [-0.2, 0) is 0 Å². The van der Waals surface area contributed by atoms with E-state index in [0.29, 0.717) is 140 Å². The van der Waals surface area contributed by atoms with Crippen LogP contribution in [0.15, 0.2) is 182 Å². The van der Waals surface area contributed by atoms with Crippen molar-refractivity contribution in [3.8, 4) is 103 Å². The molecule has 0 spiro atoms. The van der Waals surface area contributed by atoms with Gasteiger partial charge in [-0.1, -0.05) is 78.9 Å². The van der Waals surface area contributed by atoms with Crippen LogP contribution in [0.25, 0.3) is 130 Å². The molecule has 0 aliphatic heterocycles. The van der Waals surface area contributed by atoms with Crippen LogP contribution in [0.2, 0.25) is 0 Å². The largest absolute Gasteiger partial charge is 0.308 e. The molecule has 0 saturated heterocycles. The first kappa shape index (κ1) is 49.6. The van der Waals surface area contributed by atoms with Crippen molar-refractivity contribution in [3.63, 3.8) is 0 Å². The number of benzene rings is 10. The maximum Gasteiger partial charge on any atom is 0.196 e. The van der Waals surface area contributed by atoms with Gasteiger partial charge in [-0.3, -0.25) is 0 Å². The number of hydrogen-bond donors (Lipinski definition) is 0. The Balaban J connectivity index is 1.19. The Labute approximate surface area is 469 Å². The van der Waals surface area contributed by atoms with Crippen molar-refractivity contribution in [2.45, 2.75) is 0 Å². The fraction of sp³-hybridized carbons (Fsp3) is 0. The molecule has 2 heterocycles. The monoisotopic (exact) mass is 1040 g/mol. The third kappa shape index (κ3) is 8.09. The summed E-state index contributed by atoms with van der Waals surface area (Å²) in [7, 11) is 0. The van der Waals surface area contributed by atoms with Crippen LogP contribution in [0, 0.1) is 94.3 Å². The van der Waals surface area contributed by atoms with Crippen LogP contribution < -0.4 is 0 Å². The Morgan fingerprint density at radius 2 is 0.720 bits per heavy atom. The number of hydrogen-bond acceptors (Lipinski definition) is 6. The summed E-state index contributed by atoms with van der Waals surface area (Å²) in [6.07, 6.45) is 0. The molecule has 0 unspecified atom stereocenters. The van der Waals surface area contributed by atoms with E-state index in [1.165, 1.54) is 0 Å². The average Bonchev–Trinajstić information content (AvgIpc) is 2.86. The molecule has 0 aliphatic carbocycles. The van der Waals surface area contributed by atoms with Crippen molar-refractivity contribution in [1.82, 2.24) is 9.13 Å². The lowest BCUT2D eigenvalue weighted by molar-refractivity contribution is 1.12. The zero-order chi connectivity index (χ0) is 56.8. The third-order valence-corrected chi connectivity index (χ3v) is 14.8. The molecule has 12 heteroatoms. The van der Waals surface area contributed by atoms with Gasteiger partial charge in [0.05, 0.1) is 107 Å². The fourth-order valence-corrected chi connectivity index (χ4v) is 11.0. The van der Waals surface area contributed by atoms with Crippen LogP contribution in [-0.4, -0.2) is 9.13 Å². The maximum atomic E-state index is 11.9. The molecule has 12 rings (SSSR count). The van der Waals surface area contributed by atoms with E-state index in [0.717, 1.165) is 21.5 Å². The van der Waals surface area contributed by atoms with Gasteiger partial charge in [0.15, 0.2) is 22.7 Å². The minimum atomic E-state index is 0.270. The minimum Gasteiger partial charge on any atom is -0.308 e. The summed E-state index contributed by atoms with van der Waals surface area (Å²) in [4.78, 5) is 14.7. The van der Waals surface area contributed by atoms with E-state index >= 15 is 0 Å². The SMILES string of the molecule is [C-]#[N+]c1ccc(-c2ccc3c(c2)c2cc(-c4ccc([N+]#[C-])cc4[N+]#[C-])ccc2n3-c2cc(-c3cccc(C#N)c3)cc(-n3c4ccc(-c5ccc(C#N)cc5C#N)cc4c4cc(-c5ccc(C#N)cc5[N+]#[C-])ccc43)c2C#N)c(C#N)c1. The van der Waals surface area contributed by atoms with E-state index in [9.17, 15) is 31.6 Å². The summed E-state index contributed by atoms with van der Waals surface area (Å²) in [6, 6.07) is 68.0. The third-order valence-electron chi connectivity index (χ3n) is 14.8. The van der Waals surface area contributed by atoms with Crippen molar-refractivity contribution >= 4 is 66.4 Å². The Hall–Kier alpha value is -13.3. The van der Waals surface area contributed by atoms with Gasteiger partial charge in [-0.25, -0.2) is 19.4 Å². The van der Waals surface area contributed by atoms with Crippen molar-refractivity contribution in [3.05, 3.63) is 261 Å². The van der Waals surface area contributed by atoms with E-state index in [2.05, 4.69) is 55.8 Å². The van der Waals surface area contributed by atoms with Crippen molar-refractivity contribution < 1.29 is 0 Å². The van der Waals surface area contributed by atoms with E-state index in [4.69, 9.17) is 26.3 Å². The number of fused-ring (bicyclic) bond motifs is 6. The van der Waals surface area contributed by atoms with E-state index in [1.54, 1.807) is 91.0 Å². The first-order valence-electron chi connectivity index (χ1n) is 25.1. The van der Waals surface area contributed by atoms with Gasteiger partial charge >= 0.3 is 0 Å². The lowest BCUT2D eigenvalue weighted by Gasteiger charge is -2.19. The van der Waals surface area contributed by atoms with Crippen LogP contribution in [0.1, 0.15) is 33.4 Å². The van der Waals surface area contributed by atoms with Gasteiger partial charge in [-0.2, -0.15) is 31.6 Å². The zero-order valence-electron chi connectivity index (χ0n) is 42.7. The Morgan fingerprint density at radius 3 is 1.18 bits per heavy atom. The molecule has 0 aliphatic rings. The molecule has 2 aromatic heterocycles. The molecule has 0 N–H and O–H groups in total. The fourth-order valence-electron chi connectivity index (χ4n) is 11.0. The summed E-state index contributed by atoms with van der Waals surface area (Å²) >= 11 is 0. The molecule has 12 aromatic rings. The van der Waals surface area contributed by atoms with Gasteiger partial charge in [0.1, 0.15) is 11.6 Å². The average molecular weight is 1040 g/mol. The van der Waals surface area contributed by atoms with Crippen molar-refractivity contribution in [2.75, 3.05) is 0 Å². The number of rotatable bonds is 7. The van der Waals surface area contributed by atoms with Gasteiger partial charge in [0, 0.05) is 32.7 Å². The molecule has 10 aromatic carbocycles. The van der Waals surface area contributed by atoms with Gasteiger partial charge in [-0.05, 0) is 159 Å². The maximum absolute atomic E-state index is 11.9. The van der Waals surface area contributed by atoms with E-state index in [1.807, 2.05) is 100 Å². The normalized spacial score (nSPS) is 10.6. The highest BCUT2D eigenvalue weighted by Crippen LogP contribution is 2.45. The number of nitriles is 6. The quantitative estimate of drug-likeness (QED) is 0.144. The first-order valence-corrected chi connectivity index (χ1v) is 25.1. The second-order valence-corrected chi connectivity index (χ2v) is 19.1. The predicted octanol–water partition coefficient (Wildman–Crippen LogP) is 17.6. The Bertz CT molecular complexity index is 4750. The van der Waals surface area contributed by atoms with E-state index in [-0.39, 0.29) is 5.56 Å². The van der Waals surface area contributed by atoms with Gasteiger partial charge < -0.3 is 9.13 Å². The standard InChI is InChI=1S/C70H30N12/c1-77-52-14-18-55(51(27-52)39-75)46-11-21-66-59(29-46)61-31-48(57-19-15-53(78-2)34-64(57)80-4)13-23-68(61)82(66)70-33-49(44-7-5-6-41(24-44)35-71)32-69(62(70)40-76)81-65-20-10-45(54-16-8-42(36-72)25-50(54)38-74)28-58(65)60-30-47(12-22-67(60)81)56-17-9-43(37-73)26-63(56)79-3/h5-34H. The van der Waals surface area contributed by atoms with Gasteiger partial charge in [-0.15, -0.1) is 0 Å². The molecule has 0 amide bonds. The van der Waals surface area contributed by atoms with Gasteiger partial charge in [0.2, 0.25) is 0 Å².